The summed E-state index contributed by atoms with van der Waals surface area (Å²) in [5.41, 5.74) is -0.324. The maximum atomic E-state index is 12.0. The average molecular weight is 385 g/mol. The first-order valence-corrected chi connectivity index (χ1v) is 8.74. The molecule has 12 heteroatoms. The van der Waals surface area contributed by atoms with Crippen LogP contribution in [0, 0.1) is 0 Å². The van der Waals surface area contributed by atoms with Crippen molar-refractivity contribution in [1.82, 2.24) is 24.4 Å². The third-order valence-corrected chi connectivity index (χ3v) is 4.98. The van der Waals surface area contributed by atoms with Gasteiger partial charge in [0, 0.05) is 14.1 Å². The number of carbonyl (C=O) groups excluding carboxylic acids is 1. The number of hydrogen-bond donors (Lipinski definition) is 4. The summed E-state index contributed by atoms with van der Waals surface area (Å²) in [5, 5.41) is 29.8. The van der Waals surface area contributed by atoms with E-state index < -0.39 is 36.7 Å². The number of hydrogen-bond acceptors (Lipinski definition) is 9. The van der Waals surface area contributed by atoms with E-state index in [1.165, 1.54) is 15.8 Å². The fourth-order valence-corrected chi connectivity index (χ4v) is 3.58. The van der Waals surface area contributed by atoms with Crippen molar-refractivity contribution in [2.45, 2.75) is 29.7 Å². The molecule has 0 bridgehead atoms. The number of aliphatic hydroxyl groups excluding tert-OH is 3. The van der Waals surface area contributed by atoms with Gasteiger partial charge in [-0.2, -0.15) is 0 Å². The molecule has 1 aliphatic heterocycles. The smallest absolute Gasteiger partial charge is 0.278 e. The van der Waals surface area contributed by atoms with Crippen molar-refractivity contribution < 1.29 is 24.9 Å². The lowest BCUT2D eigenvalue weighted by molar-refractivity contribution is -0.125. The highest BCUT2D eigenvalue weighted by Crippen LogP contribution is 2.34. The highest BCUT2D eigenvalue weighted by atomic mass is 32.2. The summed E-state index contributed by atoms with van der Waals surface area (Å²) in [6.45, 7) is -0.489. The van der Waals surface area contributed by atoms with E-state index in [0.717, 1.165) is 11.8 Å². The zero-order valence-electron chi connectivity index (χ0n) is 14.1. The molecule has 0 radical (unpaired) electrons. The predicted molar refractivity (Wildman–Crippen MR) is 90.6 cm³/mol. The molecule has 0 aliphatic carbocycles. The van der Waals surface area contributed by atoms with Crippen LogP contribution in [0.2, 0.25) is 0 Å². The van der Waals surface area contributed by atoms with Crippen LogP contribution in [0.5, 0.6) is 0 Å². The largest absolute Gasteiger partial charge is 0.394 e. The lowest BCUT2D eigenvalue weighted by Gasteiger charge is -2.19. The van der Waals surface area contributed by atoms with Crippen LogP contribution >= 0.6 is 11.8 Å². The zero-order valence-corrected chi connectivity index (χ0v) is 14.9. The third kappa shape index (κ3) is 3.21. The third-order valence-electron chi connectivity index (χ3n) is 4.05. The number of carbonyl (C=O) groups is 1. The topological polar surface area (TPSA) is 154 Å². The van der Waals surface area contributed by atoms with Gasteiger partial charge in [0.05, 0.1) is 18.7 Å². The minimum absolute atomic E-state index is 0.0186. The van der Waals surface area contributed by atoms with Gasteiger partial charge in [-0.15, -0.1) is 0 Å². The predicted octanol–water partition coefficient (Wildman–Crippen LogP) is -2.09. The standard InChI is InChI=1S/C14H19N5O6S/c1-18(2)7(21)4-26-14-17-8-11(15-5-16-12(8)24)19(14)13-10(23)9(22)6(3-20)25-13/h5-6,9-10,13,20,22-23H,3-4H2,1-2H3,(H,15,16,24). The molecule has 4 N–H and O–H groups in total. The molecule has 1 saturated heterocycles. The van der Waals surface area contributed by atoms with Gasteiger partial charge in [0.2, 0.25) is 5.91 Å². The molecule has 0 spiro atoms. The van der Waals surface area contributed by atoms with E-state index in [0.29, 0.717) is 0 Å². The van der Waals surface area contributed by atoms with Crippen molar-refractivity contribution >= 4 is 28.8 Å². The maximum Gasteiger partial charge on any atom is 0.278 e. The Kier molecular flexibility index (Phi) is 5.29. The molecule has 2 aromatic heterocycles. The van der Waals surface area contributed by atoms with Crippen LogP contribution in [0.4, 0.5) is 0 Å². The second-order valence-corrected chi connectivity index (χ2v) is 6.92. The van der Waals surface area contributed by atoms with Gasteiger partial charge < -0.3 is 29.9 Å². The number of nitrogens with zero attached hydrogens (tertiary/aromatic N) is 4. The van der Waals surface area contributed by atoms with E-state index in [4.69, 9.17) is 4.74 Å². The van der Waals surface area contributed by atoms with Gasteiger partial charge in [-0.1, -0.05) is 11.8 Å². The molecule has 1 fully saturated rings. The quantitative estimate of drug-likeness (QED) is 0.424. The molecule has 26 heavy (non-hydrogen) atoms. The molecule has 142 valence electrons. The molecule has 1 aliphatic rings. The Morgan fingerprint density at radius 1 is 1.42 bits per heavy atom. The van der Waals surface area contributed by atoms with Crippen LogP contribution in [0.1, 0.15) is 6.23 Å². The summed E-state index contributed by atoms with van der Waals surface area (Å²) < 4.78 is 6.90. The Labute approximate surface area is 151 Å². The van der Waals surface area contributed by atoms with Crippen LogP contribution in [-0.4, -0.2) is 90.4 Å². The van der Waals surface area contributed by atoms with Gasteiger partial charge >= 0.3 is 0 Å². The SMILES string of the molecule is CN(C)C(=O)CSc1nc2c(=O)[nH]cnc2n1C1OC(CO)C(O)C1O. The molecule has 11 nitrogen and oxygen atoms in total. The van der Waals surface area contributed by atoms with E-state index in [2.05, 4.69) is 15.0 Å². The lowest BCUT2D eigenvalue weighted by Crippen LogP contribution is -2.33. The molecule has 3 heterocycles. The molecule has 4 atom stereocenters. The van der Waals surface area contributed by atoms with Crippen molar-refractivity contribution in [2.24, 2.45) is 0 Å². The molecule has 2 aromatic rings. The van der Waals surface area contributed by atoms with Gasteiger partial charge in [-0.3, -0.25) is 14.2 Å². The number of amides is 1. The minimum Gasteiger partial charge on any atom is -0.394 e. The molecule has 0 saturated carbocycles. The lowest BCUT2D eigenvalue weighted by atomic mass is 10.1. The van der Waals surface area contributed by atoms with Crippen molar-refractivity contribution in [1.29, 1.82) is 0 Å². The molecular formula is C14H19N5O6S. The Hall–Kier alpha value is -1.99. The minimum atomic E-state index is -1.37. The number of nitrogens with one attached hydrogen (secondary N) is 1. The Morgan fingerprint density at radius 2 is 2.15 bits per heavy atom. The monoisotopic (exact) mass is 385 g/mol. The maximum absolute atomic E-state index is 12.0. The summed E-state index contributed by atoms with van der Waals surface area (Å²) in [4.78, 5) is 36.0. The van der Waals surface area contributed by atoms with E-state index in [1.54, 1.807) is 14.1 Å². The first kappa shape index (κ1) is 18.8. The highest BCUT2D eigenvalue weighted by Gasteiger charge is 2.45. The molecule has 1 amide bonds. The van der Waals surface area contributed by atoms with Crippen molar-refractivity contribution in [2.75, 3.05) is 26.5 Å². The number of aromatic nitrogens is 4. The number of aliphatic hydroxyl groups is 3. The Bertz CT molecular complexity index is 867. The Morgan fingerprint density at radius 3 is 2.77 bits per heavy atom. The van der Waals surface area contributed by atoms with E-state index in [-0.39, 0.29) is 28.0 Å². The number of rotatable bonds is 5. The number of fused-ring (bicyclic) bond motifs is 1. The van der Waals surface area contributed by atoms with Crippen LogP contribution in [-0.2, 0) is 9.53 Å². The fraction of sp³-hybridized carbons (Fsp3) is 0.571. The number of ether oxygens (including phenoxy) is 1. The highest BCUT2D eigenvalue weighted by molar-refractivity contribution is 7.99. The van der Waals surface area contributed by atoms with Gasteiger partial charge in [-0.25, -0.2) is 9.97 Å². The summed E-state index contributed by atoms with van der Waals surface area (Å²) >= 11 is 1.05. The van der Waals surface area contributed by atoms with Gasteiger partial charge in [0.15, 0.2) is 22.5 Å². The normalized spacial score (nSPS) is 25.7. The zero-order chi connectivity index (χ0) is 19.0. The van der Waals surface area contributed by atoms with Gasteiger partial charge in [-0.05, 0) is 0 Å². The fourth-order valence-electron chi connectivity index (χ4n) is 2.58. The molecule has 3 rings (SSSR count). The molecular weight excluding hydrogens is 366 g/mol. The molecule has 0 aromatic carbocycles. The van der Waals surface area contributed by atoms with Crippen LogP contribution in [0.15, 0.2) is 16.3 Å². The first-order valence-electron chi connectivity index (χ1n) is 7.76. The van der Waals surface area contributed by atoms with Crippen molar-refractivity contribution in [3.8, 4) is 0 Å². The van der Waals surface area contributed by atoms with Gasteiger partial charge in [0.1, 0.15) is 18.3 Å². The second kappa shape index (κ2) is 7.32. The second-order valence-electron chi connectivity index (χ2n) is 5.97. The van der Waals surface area contributed by atoms with Gasteiger partial charge in [0.25, 0.3) is 5.56 Å². The van der Waals surface area contributed by atoms with Crippen LogP contribution < -0.4 is 5.56 Å². The Balaban J connectivity index is 2.04. The summed E-state index contributed by atoms with van der Waals surface area (Å²) in [5.74, 6) is -0.125. The van der Waals surface area contributed by atoms with Crippen molar-refractivity contribution in [3.63, 3.8) is 0 Å². The summed E-state index contributed by atoms with van der Waals surface area (Å²) in [6, 6.07) is 0. The van der Waals surface area contributed by atoms with E-state index in [9.17, 15) is 24.9 Å². The molecule has 4 unspecified atom stereocenters. The number of thioether (sulfide) groups is 1. The number of imidazole rings is 1. The van der Waals surface area contributed by atoms with E-state index in [1.807, 2.05) is 0 Å². The number of H-pyrrole nitrogens is 1. The summed E-state index contributed by atoms with van der Waals surface area (Å²) in [6.07, 6.45) is -3.60. The van der Waals surface area contributed by atoms with Crippen LogP contribution in [0.3, 0.4) is 0 Å². The van der Waals surface area contributed by atoms with E-state index >= 15 is 0 Å². The first-order chi connectivity index (χ1) is 12.3. The van der Waals surface area contributed by atoms with Crippen molar-refractivity contribution in [3.05, 3.63) is 16.7 Å². The average Bonchev–Trinajstić information content (AvgIpc) is 3.11. The van der Waals surface area contributed by atoms with Crippen LogP contribution in [0.25, 0.3) is 11.2 Å². The number of aromatic amines is 1. The summed E-state index contributed by atoms with van der Waals surface area (Å²) in [7, 11) is 3.23.